The minimum Gasteiger partial charge on any atom is -0.481 e. The molecule has 4 nitrogen and oxygen atoms in total. The number of nitrogens with one attached hydrogen (secondary N) is 1. The molecule has 1 aromatic heterocycles. The van der Waals surface area contributed by atoms with E-state index >= 15 is 0 Å². The smallest absolute Gasteiger partial charge is 0.308 e. The Kier molecular flexibility index (Phi) is 2.95. The van der Waals surface area contributed by atoms with Gasteiger partial charge in [0.25, 0.3) is 5.56 Å². The van der Waals surface area contributed by atoms with Gasteiger partial charge in [-0.2, -0.15) is 0 Å². The Balaban J connectivity index is 2.83. The van der Waals surface area contributed by atoms with E-state index < -0.39 is 5.97 Å². The quantitative estimate of drug-likeness (QED) is 0.851. The van der Waals surface area contributed by atoms with Crippen LogP contribution in [0.15, 0.2) is 16.9 Å². The fourth-order valence-corrected chi connectivity index (χ4v) is 2.18. The van der Waals surface area contributed by atoms with Crippen LogP contribution in [0.3, 0.4) is 0 Å². The Hall–Kier alpha value is -2.10. The fraction of sp³-hybridized carbons (Fsp3) is 0.286. The molecule has 0 unspecified atom stereocenters. The summed E-state index contributed by atoms with van der Waals surface area (Å²) in [7, 11) is 0. The van der Waals surface area contributed by atoms with E-state index in [0.717, 1.165) is 27.6 Å². The van der Waals surface area contributed by atoms with E-state index in [1.807, 2.05) is 26.0 Å². The molecule has 0 radical (unpaired) electrons. The first-order chi connectivity index (χ1) is 8.41. The summed E-state index contributed by atoms with van der Waals surface area (Å²) in [6.45, 7) is 5.72. The van der Waals surface area contributed by atoms with E-state index in [2.05, 4.69) is 4.98 Å². The van der Waals surface area contributed by atoms with Crippen LogP contribution in [-0.2, 0) is 11.2 Å². The molecule has 2 aromatic rings. The lowest BCUT2D eigenvalue weighted by molar-refractivity contribution is -0.136. The van der Waals surface area contributed by atoms with E-state index in [9.17, 15) is 9.59 Å². The van der Waals surface area contributed by atoms with Gasteiger partial charge in [0, 0.05) is 10.9 Å². The highest BCUT2D eigenvalue weighted by Crippen LogP contribution is 2.22. The van der Waals surface area contributed by atoms with Crippen LogP contribution >= 0.6 is 0 Å². The van der Waals surface area contributed by atoms with Gasteiger partial charge >= 0.3 is 5.97 Å². The number of carboxylic acids is 1. The number of hydrogen-bond acceptors (Lipinski definition) is 2. The number of hydrogen-bond donors (Lipinski definition) is 2. The minimum absolute atomic E-state index is 0.246. The molecule has 0 amide bonds. The van der Waals surface area contributed by atoms with Gasteiger partial charge in [-0.25, -0.2) is 0 Å². The maximum atomic E-state index is 11.9. The molecule has 0 saturated heterocycles. The molecule has 2 N–H and O–H groups in total. The molecule has 0 bridgehead atoms. The lowest BCUT2D eigenvalue weighted by atomic mass is 9.98. The molecule has 18 heavy (non-hydrogen) atoms. The van der Waals surface area contributed by atoms with Crippen LogP contribution in [0.4, 0.5) is 0 Å². The summed E-state index contributed by atoms with van der Waals surface area (Å²) in [4.78, 5) is 25.5. The lowest BCUT2D eigenvalue weighted by Crippen LogP contribution is -2.18. The second kappa shape index (κ2) is 4.29. The third-order valence-electron chi connectivity index (χ3n) is 3.43. The third-order valence-corrected chi connectivity index (χ3v) is 3.43. The van der Waals surface area contributed by atoms with Gasteiger partial charge in [0.1, 0.15) is 0 Å². The van der Waals surface area contributed by atoms with E-state index in [4.69, 9.17) is 5.11 Å². The van der Waals surface area contributed by atoms with Crippen LogP contribution < -0.4 is 5.56 Å². The second-order valence-electron chi connectivity index (χ2n) is 4.56. The van der Waals surface area contributed by atoms with Crippen molar-refractivity contribution in [2.75, 3.05) is 0 Å². The number of benzene rings is 1. The molecule has 0 atom stereocenters. The number of H-pyrrole nitrogens is 1. The van der Waals surface area contributed by atoms with Crippen LogP contribution in [0.1, 0.15) is 22.3 Å². The van der Waals surface area contributed by atoms with Crippen molar-refractivity contribution in [2.45, 2.75) is 27.2 Å². The van der Waals surface area contributed by atoms with Crippen molar-refractivity contribution in [3.63, 3.8) is 0 Å². The maximum Gasteiger partial charge on any atom is 0.308 e. The van der Waals surface area contributed by atoms with Gasteiger partial charge in [0.15, 0.2) is 0 Å². The monoisotopic (exact) mass is 245 g/mol. The Morgan fingerprint density at radius 3 is 2.50 bits per heavy atom. The first-order valence-corrected chi connectivity index (χ1v) is 5.75. The van der Waals surface area contributed by atoms with Crippen molar-refractivity contribution < 1.29 is 9.90 Å². The average molecular weight is 245 g/mol. The van der Waals surface area contributed by atoms with Gasteiger partial charge < -0.3 is 10.1 Å². The van der Waals surface area contributed by atoms with Crippen LogP contribution in [0.25, 0.3) is 10.9 Å². The predicted octanol–water partition coefficient (Wildman–Crippen LogP) is 2.08. The van der Waals surface area contributed by atoms with Gasteiger partial charge in [0.2, 0.25) is 0 Å². The van der Waals surface area contributed by atoms with E-state index in [0.29, 0.717) is 5.56 Å². The second-order valence-corrected chi connectivity index (χ2v) is 4.56. The van der Waals surface area contributed by atoms with Crippen LogP contribution in [0.2, 0.25) is 0 Å². The summed E-state index contributed by atoms with van der Waals surface area (Å²) >= 11 is 0. The molecule has 1 aromatic carbocycles. The SMILES string of the molecule is Cc1ccc2c(C)c(CC(=O)O)c(=O)[nH]c2c1C. The number of aromatic nitrogens is 1. The summed E-state index contributed by atoms with van der Waals surface area (Å²) in [5.41, 5.74) is 3.69. The number of pyridine rings is 1. The number of rotatable bonds is 2. The largest absolute Gasteiger partial charge is 0.481 e. The van der Waals surface area contributed by atoms with E-state index in [1.54, 1.807) is 6.92 Å². The molecule has 0 fully saturated rings. The van der Waals surface area contributed by atoms with Gasteiger partial charge in [-0.15, -0.1) is 0 Å². The molecule has 0 saturated carbocycles. The van der Waals surface area contributed by atoms with Gasteiger partial charge in [-0.3, -0.25) is 9.59 Å². The molecule has 1 heterocycles. The topological polar surface area (TPSA) is 70.2 Å². The lowest BCUT2D eigenvalue weighted by Gasteiger charge is -2.10. The minimum atomic E-state index is -0.994. The summed E-state index contributed by atoms with van der Waals surface area (Å²) in [6, 6.07) is 3.90. The summed E-state index contributed by atoms with van der Waals surface area (Å²) in [6.07, 6.45) is -0.246. The highest BCUT2D eigenvalue weighted by atomic mass is 16.4. The summed E-state index contributed by atoms with van der Waals surface area (Å²) < 4.78 is 0. The molecule has 4 heteroatoms. The van der Waals surface area contributed by atoms with Crippen molar-refractivity contribution in [3.05, 3.63) is 44.7 Å². The highest BCUT2D eigenvalue weighted by molar-refractivity contribution is 5.87. The zero-order chi connectivity index (χ0) is 13.4. The van der Waals surface area contributed by atoms with Crippen molar-refractivity contribution in [2.24, 2.45) is 0 Å². The molecular formula is C14H15NO3. The summed E-state index contributed by atoms with van der Waals surface area (Å²) in [5.74, 6) is -0.994. The van der Waals surface area contributed by atoms with Gasteiger partial charge in [0.05, 0.1) is 11.9 Å². The predicted molar refractivity (Wildman–Crippen MR) is 70.1 cm³/mol. The first kappa shape index (κ1) is 12.4. The van der Waals surface area contributed by atoms with Crippen LogP contribution in [0, 0.1) is 20.8 Å². The standard InChI is InChI=1S/C14H15NO3/c1-7-4-5-10-9(3)11(6-12(16)17)14(18)15-13(10)8(7)2/h4-5H,6H2,1-3H3,(H,15,18)(H,16,17). The number of aliphatic carboxylic acids is 1. The zero-order valence-electron chi connectivity index (χ0n) is 10.6. The number of aryl methyl sites for hydroxylation is 3. The van der Waals surface area contributed by atoms with Crippen molar-refractivity contribution in [3.8, 4) is 0 Å². The number of carbonyl (C=O) groups is 1. The first-order valence-electron chi connectivity index (χ1n) is 5.75. The Labute approximate surface area is 104 Å². The molecule has 0 spiro atoms. The van der Waals surface area contributed by atoms with E-state index in [1.165, 1.54) is 0 Å². The number of fused-ring (bicyclic) bond motifs is 1. The van der Waals surface area contributed by atoms with Crippen molar-refractivity contribution in [1.29, 1.82) is 0 Å². The third kappa shape index (κ3) is 1.90. The Bertz CT molecular complexity index is 698. The summed E-state index contributed by atoms with van der Waals surface area (Å²) in [5, 5.41) is 9.74. The number of aromatic amines is 1. The molecular weight excluding hydrogens is 230 g/mol. The molecule has 0 aliphatic heterocycles. The van der Waals surface area contributed by atoms with Crippen molar-refractivity contribution >= 4 is 16.9 Å². The van der Waals surface area contributed by atoms with Crippen LogP contribution in [-0.4, -0.2) is 16.1 Å². The molecule has 2 rings (SSSR count). The molecule has 0 aliphatic rings. The number of carboxylic acid groups (broad SMARTS) is 1. The fourth-order valence-electron chi connectivity index (χ4n) is 2.18. The Morgan fingerprint density at radius 2 is 1.89 bits per heavy atom. The van der Waals surface area contributed by atoms with Crippen LogP contribution in [0.5, 0.6) is 0 Å². The molecule has 0 aliphatic carbocycles. The highest BCUT2D eigenvalue weighted by Gasteiger charge is 2.13. The van der Waals surface area contributed by atoms with Gasteiger partial charge in [-0.05, 0) is 37.5 Å². The average Bonchev–Trinajstić information content (AvgIpc) is 2.29. The normalized spacial score (nSPS) is 10.8. The van der Waals surface area contributed by atoms with Crippen molar-refractivity contribution in [1.82, 2.24) is 4.98 Å². The maximum absolute atomic E-state index is 11.9. The zero-order valence-corrected chi connectivity index (χ0v) is 10.6. The van der Waals surface area contributed by atoms with E-state index in [-0.39, 0.29) is 12.0 Å². The Morgan fingerprint density at radius 1 is 1.22 bits per heavy atom. The molecule has 94 valence electrons. The van der Waals surface area contributed by atoms with Gasteiger partial charge in [-0.1, -0.05) is 12.1 Å².